The van der Waals surface area contributed by atoms with E-state index in [1.54, 1.807) is 18.2 Å². The molecule has 0 amide bonds. The maximum absolute atomic E-state index is 9.59. The van der Waals surface area contributed by atoms with Gasteiger partial charge in [-0.3, -0.25) is 0 Å². The Morgan fingerprint density at radius 3 is 2.31 bits per heavy atom. The lowest BCUT2D eigenvalue weighted by molar-refractivity contribution is 0.302. The van der Waals surface area contributed by atoms with Gasteiger partial charge in [0.25, 0.3) is 0 Å². The van der Waals surface area contributed by atoms with Gasteiger partial charge in [-0.2, -0.15) is 10.5 Å². The topological polar surface area (TPSA) is 56.8 Å². The van der Waals surface area contributed by atoms with Crippen molar-refractivity contribution in [3.8, 4) is 17.9 Å². The Morgan fingerprint density at radius 2 is 1.69 bits per heavy atom. The van der Waals surface area contributed by atoms with Gasteiger partial charge in [0.15, 0.2) is 0 Å². The molecule has 0 fully saturated rings. The highest BCUT2D eigenvalue weighted by Gasteiger charge is 2.10. The second-order valence-electron chi connectivity index (χ2n) is 6.09. The Balaban J connectivity index is 1.85. The molecule has 0 aliphatic carbocycles. The minimum absolute atomic E-state index is 0.447. The average Bonchev–Trinajstić information content (AvgIpc) is 2.72. The van der Waals surface area contributed by atoms with E-state index in [9.17, 15) is 5.26 Å². The van der Waals surface area contributed by atoms with Crippen LogP contribution >= 0.6 is 56.8 Å². The van der Waals surface area contributed by atoms with Crippen molar-refractivity contribution in [1.82, 2.24) is 0 Å². The zero-order valence-corrected chi connectivity index (χ0v) is 20.1. The van der Waals surface area contributed by atoms with E-state index in [2.05, 4.69) is 57.3 Å². The number of nitriles is 2. The molecule has 0 heterocycles. The van der Waals surface area contributed by atoms with Crippen LogP contribution in [0, 0.1) is 29.8 Å². The number of halogens is 3. The molecule has 0 unspecified atom stereocenters. The number of nitrogens with zero attached hydrogens (tertiary/aromatic N) is 2. The van der Waals surface area contributed by atoms with E-state index < -0.39 is 0 Å². The van der Waals surface area contributed by atoms with Crippen LogP contribution in [-0.4, -0.2) is 0 Å². The van der Waals surface area contributed by atoms with E-state index in [4.69, 9.17) is 21.6 Å². The number of hydrogen-bond acceptors (Lipinski definition) is 3. The zero-order chi connectivity index (χ0) is 20.8. The van der Waals surface area contributed by atoms with Gasteiger partial charge in [0.1, 0.15) is 12.4 Å². The summed E-state index contributed by atoms with van der Waals surface area (Å²) in [4.78, 5) is 0. The Hall–Kier alpha value is -2.07. The quantitative estimate of drug-likeness (QED) is 0.174. The fourth-order valence-corrected chi connectivity index (χ4v) is 4.89. The van der Waals surface area contributed by atoms with Crippen LogP contribution in [0.3, 0.4) is 0 Å². The molecule has 29 heavy (non-hydrogen) atoms. The fraction of sp³-hybridized carbons (Fsp3) is 0.0435. The SMILES string of the molecule is N#C/C(=C/c1cc(I)c(OCc2ccc(Cl)cc2)c(I)c1)c1cccc(C#N)c1. The number of allylic oxidation sites excluding steroid dienone is 1. The molecule has 0 N–H and O–H groups in total. The summed E-state index contributed by atoms with van der Waals surface area (Å²) >= 11 is 10.4. The number of benzene rings is 3. The van der Waals surface area contributed by atoms with Gasteiger partial charge < -0.3 is 4.74 Å². The van der Waals surface area contributed by atoms with E-state index in [1.165, 1.54) is 0 Å². The molecule has 3 nitrogen and oxygen atoms in total. The monoisotopic (exact) mass is 622 g/mol. The first kappa shape index (κ1) is 21.6. The minimum Gasteiger partial charge on any atom is -0.487 e. The summed E-state index contributed by atoms with van der Waals surface area (Å²) in [5.41, 5.74) is 3.69. The standard InChI is InChI=1S/C23H13ClI2N2O/c24-20-6-4-15(5-7-20)14-29-23-21(25)10-17(11-22(23)26)9-19(13-28)18-3-1-2-16(8-18)12-27/h1-11H,14H2/b19-9-. The summed E-state index contributed by atoms with van der Waals surface area (Å²) < 4.78 is 7.93. The van der Waals surface area contributed by atoms with E-state index in [-0.39, 0.29) is 0 Å². The molecule has 0 spiro atoms. The first-order valence-electron chi connectivity index (χ1n) is 8.49. The van der Waals surface area contributed by atoms with Gasteiger partial charge in [-0.25, -0.2) is 0 Å². The highest BCUT2D eigenvalue weighted by atomic mass is 127. The molecule has 0 aromatic heterocycles. The number of ether oxygens (including phenoxy) is 1. The molecule has 3 aromatic carbocycles. The molecule has 0 radical (unpaired) electrons. The molecule has 0 bridgehead atoms. The summed E-state index contributed by atoms with van der Waals surface area (Å²) in [7, 11) is 0. The maximum atomic E-state index is 9.59. The van der Waals surface area contributed by atoms with E-state index >= 15 is 0 Å². The van der Waals surface area contributed by atoms with Crippen molar-refractivity contribution < 1.29 is 4.74 Å². The average molecular weight is 623 g/mol. The van der Waals surface area contributed by atoms with Crippen LogP contribution in [-0.2, 0) is 6.61 Å². The smallest absolute Gasteiger partial charge is 0.146 e. The third kappa shape index (κ3) is 5.72. The van der Waals surface area contributed by atoms with Crippen LogP contribution in [0.1, 0.15) is 22.3 Å². The number of rotatable bonds is 5. The summed E-state index contributed by atoms with van der Waals surface area (Å²) in [5.74, 6) is 0.809. The first-order chi connectivity index (χ1) is 14.0. The van der Waals surface area contributed by atoms with Gasteiger partial charge in [-0.15, -0.1) is 0 Å². The molecule has 3 aromatic rings. The van der Waals surface area contributed by atoms with Crippen LogP contribution in [0.2, 0.25) is 5.02 Å². The molecular weight excluding hydrogens is 610 g/mol. The molecule has 0 aliphatic rings. The third-order valence-corrected chi connectivity index (χ3v) is 5.91. The Labute approximate surface area is 201 Å². The maximum Gasteiger partial charge on any atom is 0.146 e. The normalized spacial score (nSPS) is 10.9. The van der Waals surface area contributed by atoms with Crippen molar-refractivity contribution in [2.24, 2.45) is 0 Å². The Kier molecular flexibility index (Phi) is 7.54. The highest BCUT2D eigenvalue weighted by molar-refractivity contribution is 14.1. The van der Waals surface area contributed by atoms with Crippen LogP contribution in [0.4, 0.5) is 0 Å². The zero-order valence-electron chi connectivity index (χ0n) is 15.0. The van der Waals surface area contributed by atoms with Gasteiger partial charge in [0.05, 0.1) is 30.4 Å². The highest BCUT2D eigenvalue weighted by Crippen LogP contribution is 2.31. The lowest BCUT2D eigenvalue weighted by Gasteiger charge is -2.12. The summed E-state index contributed by atoms with van der Waals surface area (Å²) in [6, 6.07) is 22.9. The van der Waals surface area contributed by atoms with Gasteiger partial charge in [0, 0.05) is 5.02 Å². The Morgan fingerprint density at radius 1 is 1.00 bits per heavy atom. The van der Waals surface area contributed by atoms with E-state index in [0.717, 1.165) is 29.6 Å². The lowest BCUT2D eigenvalue weighted by Crippen LogP contribution is -1.99. The molecule has 3 rings (SSSR count). The molecule has 0 atom stereocenters. The van der Waals surface area contributed by atoms with Gasteiger partial charge >= 0.3 is 0 Å². The lowest BCUT2D eigenvalue weighted by atomic mass is 10.0. The van der Waals surface area contributed by atoms with Crippen molar-refractivity contribution in [2.45, 2.75) is 6.61 Å². The number of hydrogen-bond donors (Lipinski definition) is 0. The van der Waals surface area contributed by atoms with Crippen molar-refractivity contribution >= 4 is 68.4 Å². The first-order valence-corrected chi connectivity index (χ1v) is 11.0. The molecule has 0 saturated heterocycles. The molecular formula is C23H13ClI2N2O. The van der Waals surface area contributed by atoms with Crippen LogP contribution in [0.15, 0.2) is 60.7 Å². The van der Waals surface area contributed by atoms with Crippen LogP contribution in [0.25, 0.3) is 11.6 Å². The van der Waals surface area contributed by atoms with E-state index in [0.29, 0.717) is 22.8 Å². The summed E-state index contributed by atoms with van der Waals surface area (Å²) in [6.07, 6.45) is 1.82. The van der Waals surface area contributed by atoms with Gasteiger partial charge in [-0.1, -0.05) is 35.9 Å². The van der Waals surface area contributed by atoms with Crippen molar-refractivity contribution in [3.63, 3.8) is 0 Å². The molecule has 6 heteroatoms. The minimum atomic E-state index is 0.447. The molecule has 0 aliphatic heterocycles. The van der Waals surface area contributed by atoms with Crippen molar-refractivity contribution in [3.05, 3.63) is 95.1 Å². The largest absolute Gasteiger partial charge is 0.487 e. The predicted molar refractivity (Wildman–Crippen MR) is 132 cm³/mol. The van der Waals surface area contributed by atoms with E-state index in [1.807, 2.05) is 48.5 Å². The van der Waals surface area contributed by atoms with Crippen LogP contribution in [0.5, 0.6) is 5.75 Å². The summed E-state index contributed by atoms with van der Waals surface area (Å²) in [6.45, 7) is 0.447. The predicted octanol–water partition coefficient (Wildman–Crippen LogP) is 7.06. The van der Waals surface area contributed by atoms with Gasteiger partial charge in [-0.05, 0) is 104 Å². The van der Waals surface area contributed by atoms with Crippen molar-refractivity contribution in [2.75, 3.05) is 0 Å². The fourth-order valence-electron chi connectivity index (χ4n) is 2.64. The molecule has 0 saturated carbocycles. The second kappa shape index (κ2) is 10.1. The van der Waals surface area contributed by atoms with Crippen molar-refractivity contribution in [1.29, 1.82) is 10.5 Å². The van der Waals surface area contributed by atoms with Crippen LogP contribution < -0.4 is 4.74 Å². The molecule has 142 valence electrons. The Bertz CT molecular complexity index is 1140. The second-order valence-corrected chi connectivity index (χ2v) is 8.85. The summed E-state index contributed by atoms with van der Waals surface area (Å²) in [5, 5.41) is 19.4. The third-order valence-electron chi connectivity index (χ3n) is 4.05. The van der Waals surface area contributed by atoms with Gasteiger partial charge in [0.2, 0.25) is 0 Å².